The Morgan fingerprint density at radius 1 is 0.732 bits per heavy atom. The van der Waals surface area contributed by atoms with Crippen molar-refractivity contribution in [1.82, 2.24) is 0 Å². The van der Waals surface area contributed by atoms with Crippen molar-refractivity contribution in [1.29, 1.82) is 0 Å². The standard InChI is InChI=1S/C40H28Cl2F5N3O6/c41-39-18-25-22(14-15-24-27(25)36(53)49(35(24)52)21-12-10-20(11-13-21)48-19-6-2-1-3-7-19)28(23-8-4-5-9-26(23)56-17-16-51)40(39,42)38(55)50(37(39)54)34-32(46)30(44)29(43)31(45)33(34)47/h1-14,24-25,27-28,48,51H,15-18H2. The summed E-state index contributed by atoms with van der Waals surface area (Å²) >= 11 is 14.5. The van der Waals surface area contributed by atoms with Crippen LogP contribution in [0.2, 0.25) is 0 Å². The molecule has 0 bridgehead atoms. The van der Waals surface area contributed by atoms with Crippen LogP contribution in [-0.4, -0.2) is 51.7 Å². The number of hydrogen-bond donors (Lipinski definition) is 2. The molecule has 9 nitrogen and oxygen atoms in total. The van der Waals surface area contributed by atoms with Crippen LogP contribution in [0.4, 0.5) is 44.7 Å². The lowest BCUT2D eigenvalue weighted by Crippen LogP contribution is -2.60. The monoisotopic (exact) mass is 811 g/mol. The number of imide groups is 2. The van der Waals surface area contributed by atoms with Crippen molar-refractivity contribution < 1.29 is 51.0 Å². The largest absolute Gasteiger partial charge is 0.491 e. The van der Waals surface area contributed by atoms with E-state index < -0.39 is 105 Å². The fourth-order valence-corrected chi connectivity index (χ4v) is 9.48. The predicted molar refractivity (Wildman–Crippen MR) is 194 cm³/mol. The number of halogens is 7. The molecule has 0 aromatic heterocycles. The highest BCUT2D eigenvalue weighted by atomic mass is 35.5. The Labute approximate surface area is 325 Å². The first-order valence-corrected chi connectivity index (χ1v) is 18.1. The van der Waals surface area contributed by atoms with Crippen LogP contribution in [-0.2, 0) is 19.2 Å². The van der Waals surface area contributed by atoms with Gasteiger partial charge in [-0.1, -0.05) is 48.0 Å². The first-order valence-electron chi connectivity index (χ1n) is 17.4. The van der Waals surface area contributed by atoms with Crippen molar-refractivity contribution in [3.8, 4) is 5.75 Å². The summed E-state index contributed by atoms with van der Waals surface area (Å²) < 4.78 is 79.7. The normalized spacial score (nSPS) is 26.9. The van der Waals surface area contributed by atoms with E-state index in [4.69, 9.17) is 27.9 Å². The van der Waals surface area contributed by atoms with Crippen LogP contribution in [0.3, 0.4) is 0 Å². The highest BCUT2D eigenvalue weighted by Crippen LogP contribution is 2.66. The molecule has 2 saturated heterocycles. The second-order valence-corrected chi connectivity index (χ2v) is 15.1. The number of hydrogen-bond acceptors (Lipinski definition) is 7. The number of amides is 4. The van der Waals surface area contributed by atoms with Crippen LogP contribution in [0.15, 0.2) is 90.5 Å². The number of alkyl halides is 2. The Kier molecular flexibility index (Phi) is 9.21. The number of carbonyl (C=O) groups is 4. The number of allylic oxidation sites excluding steroid dienone is 2. The van der Waals surface area contributed by atoms with E-state index in [0.29, 0.717) is 5.69 Å². The Balaban J connectivity index is 1.24. The fraction of sp³-hybridized carbons (Fsp3) is 0.250. The SMILES string of the molecule is O=C1C2CC=C3C(CC4(Cl)C(=O)N(c5c(F)c(F)c(F)c(F)c5F)C(=O)C4(Cl)C3c3ccccc3OCCO)C2C(=O)N1c1ccc(Nc2ccccc2)cc1. The number of aliphatic hydroxyl groups excluding tert-OH is 1. The van der Waals surface area contributed by atoms with Crippen molar-refractivity contribution in [2.45, 2.75) is 28.5 Å². The lowest BCUT2D eigenvalue weighted by molar-refractivity contribution is -0.125. The number of para-hydroxylation sites is 2. The van der Waals surface area contributed by atoms with Gasteiger partial charge in [0, 0.05) is 22.9 Å². The highest BCUT2D eigenvalue weighted by molar-refractivity contribution is 6.58. The van der Waals surface area contributed by atoms with E-state index in [2.05, 4.69) is 5.32 Å². The first-order chi connectivity index (χ1) is 26.8. The quantitative estimate of drug-likeness (QED) is 0.0481. The minimum absolute atomic E-state index is 0.0346. The summed E-state index contributed by atoms with van der Waals surface area (Å²) in [6.07, 6.45) is 0.915. The molecule has 288 valence electrons. The maximum Gasteiger partial charge on any atom is 0.258 e. The molecule has 0 spiro atoms. The van der Waals surface area contributed by atoms with Crippen LogP contribution >= 0.6 is 23.2 Å². The number of carbonyl (C=O) groups excluding carboxylic acids is 4. The van der Waals surface area contributed by atoms with Gasteiger partial charge in [-0.2, -0.15) is 0 Å². The number of aliphatic hydroxyl groups is 1. The molecule has 3 fully saturated rings. The Morgan fingerprint density at radius 3 is 2.00 bits per heavy atom. The van der Waals surface area contributed by atoms with E-state index in [1.807, 2.05) is 30.3 Å². The van der Waals surface area contributed by atoms with Gasteiger partial charge in [-0.25, -0.2) is 26.9 Å². The maximum absolute atomic E-state index is 15.4. The number of rotatable bonds is 8. The molecule has 6 unspecified atom stereocenters. The van der Waals surface area contributed by atoms with Crippen molar-refractivity contribution in [2.24, 2.45) is 17.8 Å². The average Bonchev–Trinajstić information content (AvgIpc) is 3.54. The summed E-state index contributed by atoms with van der Waals surface area (Å²) in [7, 11) is 0. The van der Waals surface area contributed by atoms with E-state index in [9.17, 15) is 37.5 Å². The summed E-state index contributed by atoms with van der Waals surface area (Å²) in [6, 6.07) is 21.8. The van der Waals surface area contributed by atoms with Crippen molar-refractivity contribution in [2.75, 3.05) is 28.3 Å². The molecule has 4 aromatic rings. The van der Waals surface area contributed by atoms with Gasteiger partial charge in [-0.3, -0.25) is 24.1 Å². The Morgan fingerprint density at radius 2 is 1.34 bits per heavy atom. The molecule has 6 atom stereocenters. The lowest BCUT2D eigenvalue weighted by atomic mass is 9.56. The van der Waals surface area contributed by atoms with Gasteiger partial charge in [-0.15, -0.1) is 23.2 Å². The number of fused-ring (bicyclic) bond motifs is 4. The van der Waals surface area contributed by atoms with E-state index in [1.165, 1.54) is 18.2 Å². The molecule has 0 radical (unpaired) electrons. The zero-order valence-corrected chi connectivity index (χ0v) is 30.3. The maximum atomic E-state index is 15.4. The Hall–Kier alpha value is -5.31. The predicted octanol–water partition coefficient (Wildman–Crippen LogP) is 7.26. The second kappa shape index (κ2) is 13.7. The van der Waals surface area contributed by atoms with E-state index in [0.717, 1.165) is 10.6 Å². The molecule has 2 N–H and O–H groups in total. The zero-order valence-electron chi connectivity index (χ0n) is 28.7. The molecule has 8 rings (SSSR count). The zero-order chi connectivity index (χ0) is 39.8. The summed E-state index contributed by atoms with van der Waals surface area (Å²) in [6.45, 7) is -0.690. The van der Waals surface area contributed by atoms with Crippen LogP contribution in [0.25, 0.3) is 0 Å². The van der Waals surface area contributed by atoms with Crippen molar-refractivity contribution in [3.63, 3.8) is 0 Å². The summed E-state index contributed by atoms with van der Waals surface area (Å²) in [4.78, 5) is 53.0. The minimum atomic E-state index is -2.72. The van der Waals surface area contributed by atoms with Crippen LogP contribution in [0, 0.1) is 46.8 Å². The Bertz CT molecular complexity index is 2340. The third kappa shape index (κ3) is 5.29. The van der Waals surface area contributed by atoms with Crippen LogP contribution in [0.5, 0.6) is 5.75 Å². The van der Waals surface area contributed by atoms with Crippen molar-refractivity contribution in [3.05, 3.63) is 125 Å². The molecule has 4 aromatic carbocycles. The number of ether oxygens (including phenoxy) is 1. The van der Waals surface area contributed by atoms with Gasteiger partial charge in [0.2, 0.25) is 17.6 Å². The summed E-state index contributed by atoms with van der Waals surface area (Å²) in [5.74, 6) is -21.4. The molecule has 4 aliphatic rings. The lowest BCUT2D eigenvalue weighted by Gasteiger charge is -2.50. The summed E-state index contributed by atoms with van der Waals surface area (Å²) in [5.41, 5.74) is 0.226. The smallest absolute Gasteiger partial charge is 0.258 e. The van der Waals surface area contributed by atoms with Crippen LogP contribution in [0.1, 0.15) is 24.3 Å². The second-order valence-electron chi connectivity index (χ2n) is 13.9. The van der Waals surface area contributed by atoms with Gasteiger partial charge in [0.1, 0.15) is 18.0 Å². The topological polar surface area (TPSA) is 116 Å². The van der Waals surface area contributed by atoms with Gasteiger partial charge < -0.3 is 15.2 Å². The molecule has 16 heteroatoms. The number of nitrogens with zero attached hydrogens (tertiary/aromatic N) is 2. The molecule has 4 amide bonds. The molecular weight excluding hydrogens is 784 g/mol. The molecule has 2 aliphatic carbocycles. The highest BCUT2D eigenvalue weighted by Gasteiger charge is 2.77. The molecule has 1 saturated carbocycles. The fourth-order valence-electron chi connectivity index (χ4n) is 8.55. The molecular formula is C40H28Cl2F5N3O6. The molecule has 2 heterocycles. The van der Waals surface area contributed by atoms with Gasteiger partial charge in [-0.05, 0) is 61.2 Å². The number of anilines is 4. The van der Waals surface area contributed by atoms with Crippen molar-refractivity contribution >= 4 is 69.6 Å². The van der Waals surface area contributed by atoms with Crippen LogP contribution < -0.4 is 19.9 Å². The third-order valence-corrected chi connectivity index (χ3v) is 12.4. The third-order valence-electron chi connectivity index (χ3n) is 11.0. The number of benzene rings is 4. The van der Waals surface area contributed by atoms with E-state index >= 15 is 8.78 Å². The van der Waals surface area contributed by atoms with E-state index in [-0.39, 0.29) is 40.5 Å². The molecule has 56 heavy (non-hydrogen) atoms. The van der Waals surface area contributed by atoms with Gasteiger partial charge in [0.25, 0.3) is 11.8 Å². The van der Waals surface area contributed by atoms with Gasteiger partial charge >= 0.3 is 0 Å². The minimum Gasteiger partial charge on any atom is -0.491 e. The average molecular weight is 813 g/mol. The van der Waals surface area contributed by atoms with Gasteiger partial charge in [0.05, 0.1) is 24.1 Å². The number of nitrogens with one attached hydrogen (secondary N) is 1. The molecule has 2 aliphatic heterocycles. The first kappa shape index (κ1) is 37.6. The van der Waals surface area contributed by atoms with E-state index in [1.54, 1.807) is 36.4 Å². The summed E-state index contributed by atoms with van der Waals surface area (Å²) in [5, 5.41) is 12.8. The van der Waals surface area contributed by atoms with Gasteiger partial charge in [0.15, 0.2) is 33.0 Å².